The third-order valence-electron chi connectivity index (χ3n) is 12.6. The van der Waals surface area contributed by atoms with Crippen molar-refractivity contribution in [2.75, 3.05) is 18.9 Å². The molecule has 3 aliphatic carbocycles. The summed E-state index contributed by atoms with van der Waals surface area (Å²) in [5.74, 6) is 14.9. The number of ketones is 1. The van der Waals surface area contributed by atoms with Gasteiger partial charge in [0.2, 0.25) is 0 Å². The van der Waals surface area contributed by atoms with Crippen LogP contribution in [0.4, 0.5) is 5.69 Å². The summed E-state index contributed by atoms with van der Waals surface area (Å²) in [6.45, 7) is 4.01. The molecule has 3 heterocycles. The average molecular weight is 771 g/mol. The second kappa shape index (κ2) is 15.2. The summed E-state index contributed by atoms with van der Waals surface area (Å²) in [4.78, 5) is 23.3. The normalized spacial score (nSPS) is 28.7. The van der Waals surface area contributed by atoms with Crippen molar-refractivity contribution in [3.63, 3.8) is 0 Å². The van der Waals surface area contributed by atoms with Gasteiger partial charge in [0.15, 0.2) is 11.7 Å². The Morgan fingerprint density at radius 3 is 2.65 bits per heavy atom. The minimum atomic E-state index is -1.03. The lowest BCUT2D eigenvalue weighted by atomic mass is 9.58. The van der Waals surface area contributed by atoms with Gasteiger partial charge < -0.3 is 26.6 Å². The van der Waals surface area contributed by atoms with Gasteiger partial charge in [0.1, 0.15) is 5.75 Å². The highest BCUT2D eigenvalue weighted by Crippen LogP contribution is 2.59. The molecule has 1 aliphatic heterocycles. The number of carbonyl (C=O) groups excluding carboxylic acids is 1. The molecule has 4 aliphatic rings. The zero-order valence-electron chi connectivity index (χ0n) is 31.9. The number of guanidine groups is 1. The number of hydrogen-bond acceptors (Lipinski definition) is 7. The van der Waals surface area contributed by atoms with Gasteiger partial charge in [-0.15, -0.1) is 28.6 Å². The van der Waals surface area contributed by atoms with E-state index in [2.05, 4.69) is 81.8 Å². The van der Waals surface area contributed by atoms with Crippen LogP contribution in [0.3, 0.4) is 0 Å². The first-order valence-electron chi connectivity index (χ1n) is 19.6. The maximum absolute atomic E-state index is 14.8. The maximum atomic E-state index is 14.8. The number of phenolic OH excluding ortho intramolecular Hbond substituents is 1. The number of aliphatic hydroxyl groups is 1. The number of aliphatic imine (C=N–C) groups is 1. The molecular weight excluding hydrogens is 721 g/mol. The summed E-state index contributed by atoms with van der Waals surface area (Å²) in [7, 11) is 1.70. The summed E-state index contributed by atoms with van der Waals surface area (Å²) in [6, 6.07) is 20.4. The molecule has 4 aromatic rings. The lowest BCUT2D eigenvalue weighted by molar-refractivity contribution is 0.0379. The van der Waals surface area contributed by atoms with E-state index < -0.39 is 5.60 Å². The van der Waals surface area contributed by atoms with E-state index in [-0.39, 0.29) is 40.7 Å². The largest absolute Gasteiger partial charge is 0.508 e. The molecule has 284 valence electrons. The zero-order valence-corrected chi connectivity index (χ0v) is 33.5. The van der Waals surface area contributed by atoms with Gasteiger partial charge in [0.05, 0.1) is 26.6 Å². The Balaban J connectivity index is 1.22. The van der Waals surface area contributed by atoms with Gasteiger partial charge in [-0.3, -0.25) is 9.79 Å². The lowest BCUT2D eigenvalue weighted by Crippen LogP contribution is -2.50. The second-order valence-corrected chi connectivity index (χ2v) is 18.7. The van der Waals surface area contributed by atoms with E-state index in [1.54, 1.807) is 35.8 Å². The van der Waals surface area contributed by atoms with Crippen LogP contribution in [0.1, 0.15) is 89.2 Å². The van der Waals surface area contributed by atoms with E-state index in [0.29, 0.717) is 31.3 Å². The molecule has 6 N–H and O–H groups in total. The maximum Gasteiger partial charge on any atom is 0.188 e. The first kappa shape index (κ1) is 37.4. The number of nitrogens with two attached hydrogens (primary N) is 1. The zero-order chi connectivity index (χ0) is 38.3. The third-order valence-corrected chi connectivity index (χ3v) is 14.9. The molecule has 0 amide bonds. The SMILES string of the molecule is CC#Cc1ccc(-c2ccc(C(=O)[C@@H]3CC[C@H]4C[C@]35CC[C@H](C5)[C@H]3C#Cc5c(cc(O)cc5NC[C@](C)(O)Cc5cccc(c5)C3)C[C@H]4NC(N)=NC)s2)s1. The van der Waals surface area contributed by atoms with Crippen molar-refractivity contribution in [3.05, 3.63) is 92.7 Å². The molecule has 55 heavy (non-hydrogen) atoms. The minimum Gasteiger partial charge on any atom is -0.508 e. The van der Waals surface area contributed by atoms with Crippen molar-refractivity contribution in [1.29, 1.82) is 0 Å². The van der Waals surface area contributed by atoms with Crippen LogP contribution in [0.2, 0.25) is 0 Å². The van der Waals surface area contributed by atoms with Crippen LogP contribution in [-0.4, -0.2) is 47.2 Å². The molecule has 7 bridgehead atoms. The number of carbonyl (C=O) groups is 1. The van der Waals surface area contributed by atoms with Crippen molar-refractivity contribution in [3.8, 4) is 39.2 Å². The molecule has 1 spiro atoms. The molecular formula is C46H50N4O3S2. The molecule has 7 nitrogen and oxygen atoms in total. The van der Waals surface area contributed by atoms with Crippen LogP contribution < -0.4 is 16.4 Å². The van der Waals surface area contributed by atoms with Crippen LogP contribution in [0.5, 0.6) is 5.75 Å². The highest BCUT2D eigenvalue weighted by Gasteiger charge is 2.53. The molecule has 9 heteroatoms. The summed E-state index contributed by atoms with van der Waals surface area (Å²) >= 11 is 3.29. The molecule has 0 saturated heterocycles. The Hall–Kier alpha value is -4.54. The topological polar surface area (TPSA) is 120 Å². The smallest absolute Gasteiger partial charge is 0.188 e. The number of nitrogens with zero attached hydrogens (tertiary/aromatic N) is 1. The number of nitrogens with one attached hydrogen (secondary N) is 2. The van der Waals surface area contributed by atoms with Crippen molar-refractivity contribution in [2.24, 2.45) is 39.8 Å². The number of anilines is 1. The second-order valence-electron chi connectivity index (χ2n) is 16.5. The Morgan fingerprint density at radius 2 is 1.82 bits per heavy atom. The number of β-amino-alcohol motifs (C(OH)–C–C–N with tert-alkyl or cyclic N) is 1. The van der Waals surface area contributed by atoms with Crippen LogP contribution >= 0.6 is 22.7 Å². The number of aromatic hydroxyl groups is 1. The van der Waals surface area contributed by atoms with Crippen molar-refractivity contribution >= 4 is 40.1 Å². The first-order chi connectivity index (χ1) is 26.5. The van der Waals surface area contributed by atoms with Gasteiger partial charge in [-0.1, -0.05) is 42.0 Å². The quantitative estimate of drug-likeness (QED) is 0.0621. The van der Waals surface area contributed by atoms with E-state index in [1.807, 2.05) is 26.0 Å². The Kier molecular flexibility index (Phi) is 10.3. The van der Waals surface area contributed by atoms with E-state index in [9.17, 15) is 15.0 Å². The highest BCUT2D eigenvalue weighted by molar-refractivity contribution is 7.23. The Morgan fingerprint density at radius 1 is 1.02 bits per heavy atom. The van der Waals surface area contributed by atoms with Gasteiger partial charge in [0.25, 0.3) is 0 Å². The van der Waals surface area contributed by atoms with E-state index >= 15 is 0 Å². The van der Waals surface area contributed by atoms with Crippen molar-refractivity contribution < 1.29 is 15.0 Å². The molecule has 2 aromatic heterocycles. The molecule has 2 saturated carbocycles. The van der Waals surface area contributed by atoms with Crippen LogP contribution in [-0.2, 0) is 19.3 Å². The van der Waals surface area contributed by atoms with E-state index in [1.165, 1.54) is 5.56 Å². The molecule has 8 rings (SSSR count). The van der Waals surface area contributed by atoms with Crippen molar-refractivity contribution in [1.82, 2.24) is 5.32 Å². The number of thiophene rings is 2. The fraction of sp³-hybridized carbons (Fsp3) is 0.435. The van der Waals surface area contributed by atoms with Crippen LogP contribution in [0.15, 0.2) is 65.7 Å². The van der Waals surface area contributed by atoms with Crippen LogP contribution in [0.25, 0.3) is 9.75 Å². The number of phenols is 1. The fourth-order valence-electron chi connectivity index (χ4n) is 10.1. The first-order valence-corrected chi connectivity index (χ1v) is 21.2. The fourth-order valence-corrected chi connectivity index (χ4v) is 12.1. The molecule has 7 atom stereocenters. The van der Waals surface area contributed by atoms with Gasteiger partial charge in [-0.25, -0.2) is 0 Å². The van der Waals surface area contributed by atoms with E-state index in [4.69, 9.17) is 5.73 Å². The molecule has 2 aromatic carbocycles. The van der Waals surface area contributed by atoms with Gasteiger partial charge in [0, 0.05) is 53.7 Å². The number of Topliss-reactive ketones (excluding diaryl/α,β-unsaturated/α-hetero) is 1. The summed E-state index contributed by atoms with van der Waals surface area (Å²) < 4.78 is 0. The summed E-state index contributed by atoms with van der Waals surface area (Å²) in [5, 5.41) is 29.7. The number of fused-ring (bicyclic) bond motifs is 6. The van der Waals surface area contributed by atoms with Gasteiger partial charge in [-0.05, 0) is 129 Å². The predicted octanol–water partition coefficient (Wildman–Crippen LogP) is 8.03. The summed E-state index contributed by atoms with van der Waals surface area (Å²) in [5.41, 5.74) is 10.0. The highest BCUT2D eigenvalue weighted by atomic mass is 32.1. The summed E-state index contributed by atoms with van der Waals surface area (Å²) in [6.07, 6.45) is 7.42. The average Bonchev–Trinajstić information content (AvgIpc) is 3.93. The Bertz CT molecular complexity index is 2260. The van der Waals surface area contributed by atoms with E-state index in [0.717, 1.165) is 86.8 Å². The number of hydrogen-bond donors (Lipinski definition) is 5. The molecule has 2 fully saturated rings. The third kappa shape index (κ3) is 7.81. The van der Waals surface area contributed by atoms with Crippen LogP contribution in [0, 0.1) is 52.8 Å². The van der Waals surface area contributed by atoms with Gasteiger partial charge >= 0.3 is 0 Å². The number of benzene rings is 2. The molecule has 0 unspecified atom stereocenters. The van der Waals surface area contributed by atoms with Gasteiger partial charge in [-0.2, -0.15) is 0 Å². The predicted molar refractivity (Wildman–Crippen MR) is 225 cm³/mol. The number of rotatable bonds is 4. The lowest BCUT2D eigenvalue weighted by Gasteiger charge is -2.47. The monoisotopic (exact) mass is 770 g/mol. The molecule has 0 radical (unpaired) electrons. The standard InChI is InChI=1S/C46H50N4O3S2/c1-4-6-35-11-14-40(54-35)41-15-16-42(55-41)43(52)37-13-10-32-26-46(37)18-17-31(25-46)30-9-12-36-33(22-38(32)50-44(47)48-3)21-34(51)23-39(36)49-27-45(2,53)24-29-8-5-7-28(19-29)20-30/h5,7-8,11,14-16,19,21,23,30-32,37-38,49,51,53H,10,13,17-18,20,22,24-27H2,1-3H3,(H3,47,48,50)/t30-,31+,32-,37-,38+,45+,46+/m0/s1. The minimum absolute atomic E-state index is 0.0744. The van der Waals surface area contributed by atoms with Crippen molar-refractivity contribution in [2.45, 2.75) is 83.3 Å². The Labute approximate surface area is 332 Å².